The number of thiophene rings is 1. The Morgan fingerprint density at radius 2 is 1.85 bits per heavy atom. The molecular formula is C19H19BrN2O3S. The number of hydrogen-bond acceptors (Lipinski definition) is 4. The van der Waals surface area contributed by atoms with Gasteiger partial charge in [-0.1, -0.05) is 38.1 Å². The van der Waals surface area contributed by atoms with Gasteiger partial charge in [-0.15, -0.1) is 11.3 Å². The van der Waals surface area contributed by atoms with Gasteiger partial charge in [0.05, 0.1) is 10.3 Å². The van der Waals surface area contributed by atoms with Crippen LogP contribution in [0.3, 0.4) is 0 Å². The molecule has 1 unspecified atom stereocenters. The number of carbonyl (C=O) groups is 3. The van der Waals surface area contributed by atoms with Crippen molar-refractivity contribution in [2.24, 2.45) is 0 Å². The first kappa shape index (κ1) is 18.8. The molecule has 3 rings (SSSR count). The van der Waals surface area contributed by atoms with Gasteiger partial charge in [0.1, 0.15) is 0 Å². The minimum absolute atomic E-state index is 0.264. The van der Waals surface area contributed by atoms with E-state index in [0.29, 0.717) is 11.5 Å². The highest BCUT2D eigenvalue weighted by Gasteiger charge is 2.50. The van der Waals surface area contributed by atoms with Crippen LogP contribution in [0.2, 0.25) is 0 Å². The summed E-state index contributed by atoms with van der Waals surface area (Å²) in [7, 11) is 0. The summed E-state index contributed by atoms with van der Waals surface area (Å²) < 4.78 is 0.871. The SMILES string of the molecule is CC(C)c1ccc(C(=O)CN2C(=O)NC(C)(c3ccc(Br)s3)C2=O)cc1. The van der Waals surface area contributed by atoms with Crippen LogP contribution in [-0.2, 0) is 10.3 Å². The van der Waals surface area contributed by atoms with E-state index in [4.69, 9.17) is 0 Å². The van der Waals surface area contributed by atoms with Gasteiger partial charge in [0.25, 0.3) is 5.91 Å². The highest BCUT2D eigenvalue weighted by molar-refractivity contribution is 9.11. The third-order valence-electron chi connectivity index (χ3n) is 4.54. The number of nitrogens with zero attached hydrogens (tertiary/aromatic N) is 1. The topological polar surface area (TPSA) is 66.5 Å². The molecule has 2 aromatic rings. The summed E-state index contributed by atoms with van der Waals surface area (Å²) in [6.07, 6.45) is 0. The van der Waals surface area contributed by atoms with E-state index in [2.05, 4.69) is 35.1 Å². The molecule has 136 valence electrons. The number of carbonyl (C=O) groups excluding carboxylic acids is 3. The van der Waals surface area contributed by atoms with Crippen LogP contribution in [0.5, 0.6) is 0 Å². The summed E-state index contributed by atoms with van der Waals surface area (Å²) in [5, 5.41) is 2.72. The number of hydrogen-bond donors (Lipinski definition) is 1. The fourth-order valence-electron chi connectivity index (χ4n) is 2.88. The highest BCUT2D eigenvalue weighted by atomic mass is 79.9. The second-order valence-electron chi connectivity index (χ2n) is 6.75. The van der Waals surface area contributed by atoms with Crippen molar-refractivity contribution in [2.75, 3.05) is 6.54 Å². The minimum atomic E-state index is -1.14. The quantitative estimate of drug-likeness (QED) is 0.563. The van der Waals surface area contributed by atoms with Crippen LogP contribution < -0.4 is 5.32 Å². The average molecular weight is 435 g/mol. The second-order valence-corrected chi connectivity index (χ2v) is 9.21. The molecule has 1 saturated heterocycles. The lowest BCUT2D eigenvalue weighted by molar-refractivity contribution is -0.130. The Hall–Kier alpha value is -1.99. The Labute approximate surface area is 164 Å². The van der Waals surface area contributed by atoms with E-state index in [1.807, 2.05) is 18.2 Å². The average Bonchev–Trinajstić information content (AvgIpc) is 3.13. The van der Waals surface area contributed by atoms with Gasteiger partial charge in [0, 0.05) is 10.4 Å². The molecule has 1 atom stereocenters. The summed E-state index contributed by atoms with van der Waals surface area (Å²) in [5.74, 6) is -0.305. The Balaban J connectivity index is 1.78. The number of benzene rings is 1. The third-order valence-corrected chi connectivity index (χ3v) is 6.39. The number of halogens is 1. The fourth-order valence-corrected chi connectivity index (χ4v) is 4.36. The van der Waals surface area contributed by atoms with E-state index in [9.17, 15) is 14.4 Å². The molecule has 0 bridgehead atoms. The summed E-state index contributed by atoms with van der Waals surface area (Å²) in [5.41, 5.74) is 0.477. The molecule has 26 heavy (non-hydrogen) atoms. The summed E-state index contributed by atoms with van der Waals surface area (Å²) >= 11 is 4.75. The lowest BCUT2D eigenvalue weighted by Gasteiger charge is -2.20. The fraction of sp³-hybridized carbons (Fsp3) is 0.316. The number of Topliss-reactive ketones (excluding diaryl/α,β-unsaturated/α-hetero) is 1. The van der Waals surface area contributed by atoms with Crippen molar-refractivity contribution < 1.29 is 14.4 Å². The van der Waals surface area contributed by atoms with Gasteiger partial charge in [-0.25, -0.2) is 4.79 Å². The number of rotatable bonds is 5. The molecule has 0 spiro atoms. The minimum Gasteiger partial charge on any atom is -0.319 e. The predicted octanol–water partition coefficient (Wildman–Crippen LogP) is 4.28. The molecule has 0 saturated carbocycles. The lowest BCUT2D eigenvalue weighted by Crippen LogP contribution is -2.40. The van der Waals surface area contributed by atoms with Crippen LogP contribution in [0.15, 0.2) is 40.2 Å². The molecular weight excluding hydrogens is 416 g/mol. The van der Waals surface area contributed by atoms with Gasteiger partial charge in [0.15, 0.2) is 11.3 Å². The zero-order chi connectivity index (χ0) is 19.1. The van der Waals surface area contributed by atoms with Crippen LogP contribution in [0, 0.1) is 0 Å². The second kappa shape index (κ2) is 6.96. The first-order chi connectivity index (χ1) is 12.2. The lowest BCUT2D eigenvalue weighted by atomic mass is 9.99. The molecule has 5 nitrogen and oxygen atoms in total. The smallest absolute Gasteiger partial charge is 0.319 e. The molecule has 1 N–H and O–H groups in total. The zero-order valence-corrected chi connectivity index (χ0v) is 17.1. The molecule has 1 aliphatic heterocycles. The monoisotopic (exact) mass is 434 g/mol. The molecule has 7 heteroatoms. The Morgan fingerprint density at radius 1 is 1.19 bits per heavy atom. The normalized spacial score (nSPS) is 20.0. The summed E-state index contributed by atoms with van der Waals surface area (Å²) in [4.78, 5) is 39.4. The van der Waals surface area contributed by atoms with E-state index in [1.165, 1.54) is 11.3 Å². The van der Waals surface area contributed by atoms with E-state index in [0.717, 1.165) is 19.1 Å². The molecule has 2 heterocycles. The van der Waals surface area contributed by atoms with E-state index < -0.39 is 17.5 Å². The Morgan fingerprint density at radius 3 is 2.38 bits per heavy atom. The Bertz CT molecular complexity index is 875. The van der Waals surface area contributed by atoms with Crippen LogP contribution in [0.25, 0.3) is 0 Å². The molecule has 1 fully saturated rings. The Kier molecular flexibility index (Phi) is 5.03. The predicted molar refractivity (Wildman–Crippen MR) is 104 cm³/mol. The zero-order valence-electron chi connectivity index (χ0n) is 14.7. The van der Waals surface area contributed by atoms with Crippen LogP contribution in [0.1, 0.15) is 47.5 Å². The van der Waals surface area contributed by atoms with Gasteiger partial charge in [-0.3, -0.25) is 14.5 Å². The molecule has 1 aromatic carbocycles. The number of amides is 3. The number of nitrogens with one attached hydrogen (secondary N) is 1. The van der Waals surface area contributed by atoms with Crippen molar-refractivity contribution in [1.82, 2.24) is 10.2 Å². The van der Waals surface area contributed by atoms with Crippen LogP contribution in [0.4, 0.5) is 4.79 Å². The highest BCUT2D eigenvalue weighted by Crippen LogP contribution is 2.35. The molecule has 3 amide bonds. The van der Waals surface area contributed by atoms with Crippen LogP contribution >= 0.6 is 27.3 Å². The number of imide groups is 1. The van der Waals surface area contributed by atoms with Gasteiger partial charge in [-0.05, 0) is 46.5 Å². The molecule has 1 aliphatic rings. The molecule has 1 aromatic heterocycles. The van der Waals surface area contributed by atoms with Crippen molar-refractivity contribution in [3.05, 3.63) is 56.2 Å². The summed E-state index contributed by atoms with van der Waals surface area (Å²) in [6, 6.07) is 10.4. The maximum absolute atomic E-state index is 12.8. The van der Waals surface area contributed by atoms with Gasteiger partial charge in [-0.2, -0.15) is 0 Å². The first-order valence-electron chi connectivity index (χ1n) is 8.25. The van der Waals surface area contributed by atoms with E-state index in [-0.39, 0.29) is 12.3 Å². The van der Waals surface area contributed by atoms with Crippen molar-refractivity contribution in [1.29, 1.82) is 0 Å². The first-order valence-corrected chi connectivity index (χ1v) is 9.86. The summed E-state index contributed by atoms with van der Waals surface area (Å²) in [6.45, 7) is 5.54. The molecule has 0 radical (unpaired) electrons. The standard InChI is InChI=1S/C19H19BrN2O3S/c1-11(2)12-4-6-13(7-5-12)14(23)10-22-17(24)19(3,21-18(22)25)15-8-9-16(20)26-15/h4-9,11H,10H2,1-3H3,(H,21,25). The van der Waals surface area contributed by atoms with Gasteiger partial charge < -0.3 is 5.32 Å². The number of urea groups is 1. The van der Waals surface area contributed by atoms with E-state index in [1.54, 1.807) is 25.1 Å². The van der Waals surface area contributed by atoms with Gasteiger partial charge in [0.2, 0.25) is 0 Å². The third kappa shape index (κ3) is 3.33. The molecule has 0 aliphatic carbocycles. The van der Waals surface area contributed by atoms with Crippen molar-refractivity contribution in [2.45, 2.75) is 32.2 Å². The van der Waals surface area contributed by atoms with Crippen molar-refractivity contribution in [3.8, 4) is 0 Å². The maximum atomic E-state index is 12.8. The van der Waals surface area contributed by atoms with Crippen LogP contribution in [-0.4, -0.2) is 29.2 Å². The largest absolute Gasteiger partial charge is 0.325 e. The van der Waals surface area contributed by atoms with Gasteiger partial charge >= 0.3 is 6.03 Å². The van der Waals surface area contributed by atoms with Crippen molar-refractivity contribution >= 4 is 45.0 Å². The number of ketones is 1. The van der Waals surface area contributed by atoms with Crippen molar-refractivity contribution in [3.63, 3.8) is 0 Å². The van der Waals surface area contributed by atoms with E-state index >= 15 is 0 Å². The maximum Gasteiger partial charge on any atom is 0.325 e.